The SMILES string of the molecule is CC/C=C\C/C=C\C/C=C\C/C=C\C/C=C\C/C=C\C/C=C\CCCCCCCCCCCCCCCC(=O)OCC(COC(=O)CCCCCCC)OC(=O)CCCCCCCCCCCCCCCCCCCCCCCC. The molecule has 80 heavy (non-hydrogen) atoms. The van der Waals surface area contributed by atoms with E-state index in [4.69, 9.17) is 14.2 Å². The molecule has 6 heteroatoms. The highest BCUT2D eigenvalue weighted by Gasteiger charge is 2.19. The fourth-order valence-electron chi connectivity index (χ4n) is 10.0. The van der Waals surface area contributed by atoms with Crippen molar-refractivity contribution in [2.45, 2.75) is 354 Å². The smallest absolute Gasteiger partial charge is 0.306 e. The molecule has 0 aromatic rings. The molecule has 0 aromatic heterocycles. The van der Waals surface area contributed by atoms with Gasteiger partial charge >= 0.3 is 17.9 Å². The highest BCUT2D eigenvalue weighted by atomic mass is 16.6. The first-order valence-corrected chi connectivity index (χ1v) is 34.6. The topological polar surface area (TPSA) is 78.9 Å². The number of hydrogen-bond donors (Lipinski definition) is 0. The molecule has 0 rings (SSSR count). The van der Waals surface area contributed by atoms with Gasteiger partial charge in [0.15, 0.2) is 6.10 Å². The van der Waals surface area contributed by atoms with E-state index >= 15 is 0 Å². The summed E-state index contributed by atoms with van der Waals surface area (Å²) >= 11 is 0. The van der Waals surface area contributed by atoms with E-state index < -0.39 is 6.10 Å². The molecule has 0 bridgehead atoms. The molecule has 462 valence electrons. The molecule has 0 N–H and O–H groups in total. The summed E-state index contributed by atoms with van der Waals surface area (Å²) in [5, 5.41) is 0. The van der Waals surface area contributed by atoms with E-state index in [0.29, 0.717) is 19.3 Å². The van der Waals surface area contributed by atoms with Crippen molar-refractivity contribution in [2.24, 2.45) is 0 Å². The molecule has 1 unspecified atom stereocenters. The van der Waals surface area contributed by atoms with Crippen LogP contribution in [0, 0.1) is 0 Å². The van der Waals surface area contributed by atoms with Crippen molar-refractivity contribution >= 4 is 17.9 Å². The van der Waals surface area contributed by atoms with Crippen molar-refractivity contribution < 1.29 is 28.6 Å². The molecule has 0 aromatic carbocycles. The third-order valence-corrected chi connectivity index (χ3v) is 15.2. The molecule has 0 heterocycles. The van der Waals surface area contributed by atoms with Crippen molar-refractivity contribution in [3.05, 3.63) is 85.1 Å². The molecule has 6 nitrogen and oxygen atoms in total. The zero-order chi connectivity index (χ0) is 57.8. The molecule has 0 saturated carbocycles. The average molecular weight is 1120 g/mol. The highest BCUT2D eigenvalue weighted by Crippen LogP contribution is 2.18. The largest absolute Gasteiger partial charge is 0.462 e. The summed E-state index contributed by atoms with van der Waals surface area (Å²) in [5.41, 5.74) is 0. The zero-order valence-corrected chi connectivity index (χ0v) is 53.1. The standard InChI is InChI=1S/C74H130O6/c1-4-7-10-13-15-17-19-21-23-25-27-29-31-32-33-34-35-36-37-38-39-40-41-42-43-45-46-48-50-52-54-56-58-61-64-67-73(76)79-70-71(69-78-72(75)66-63-60-12-9-6-3)80-74(77)68-65-62-59-57-55-53-51-49-47-44-30-28-26-24-22-20-18-16-14-11-8-5-2/h7,10,15,17,21,23,27,29,32-33,35-36,38-39,71H,4-6,8-9,11-14,16,18-20,22,24-26,28,30-31,34,37,40-70H2,1-3H3/b10-7-,17-15-,23-21-,29-27-,33-32-,36-35-,39-38-. The van der Waals surface area contributed by atoms with E-state index in [9.17, 15) is 14.4 Å². The number of allylic oxidation sites excluding steroid dienone is 14. The molecular weight excluding hydrogens is 985 g/mol. The Labute approximate surface area is 496 Å². The second-order valence-corrected chi connectivity index (χ2v) is 23.1. The van der Waals surface area contributed by atoms with Gasteiger partial charge in [-0.05, 0) is 77.0 Å². The van der Waals surface area contributed by atoms with E-state index in [1.165, 1.54) is 199 Å². The Morgan fingerprint density at radius 2 is 0.487 bits per heavy atom. The minimum absolute atomic E-state index is 0.0721. The monoisotopic (exact) mass is 1110 g/mol. The quantitative estimate of drug-likeness (QED) is 0.0261. The van der Waals surface area contributed by atoms with Gasteiger partial charge in [-0.1, -0.05) is 337 Å². The van der Waals surface area contributed by atoms with Crippen LogP contribution in [0.15, 0.2) is 85.1 Å². The summed E-state index contributed by atoms with van der Waals surface area (Å²) < 4.78 is 16.8. The van der Waals surface area contributed by atoms with Crippen molar-refractivity contribution in [2.75, 3.05) is 13.2 Å². The lowest BCUT2D eigenvalue weighted by Gasteiger charge is -2.18. The van der Waals surface area contributed by atoms with Crippen LogP contribution < -0.4 is 0 Å². The van der Waals surface area contributed by atoms with Gasteiger partial charge < -0.3 is 14.2 Å². The molecule has 0 fully saturated rings. The second kappa shape index (κ2) is 68.1. The molecule has 0 saturated heterocycles. The van der Waals surface area contributed by atoms with Gasteiger partial charge in [-0.3, -0.25) is 14.4 Å². The van der Waals surface area contributed by atoms with Crippen LogP contribution in [0.25, 0.3) is 0 Å². The van der Waals surface area contributed by atoms with Crippen LogP contribution in [-0.2, 0) is 28.6 Å². The number of carbonyl (C=O) groups excluding carboxylic acids is 3. The lowest BCUT2D eigenvalue weighted by atomic mass is 10.0. The van der Waals surface area contributed by atoms with Gasteiger partial charge in [0.25, 0.3) is 0 Å². The second-order valence-electron chi connectivity index (χ2n) is 23.1. The average Bonchev–Trinajstić information content (AvgIpc) is 3.46. The van der Waals surface area contributed by atoms with E-state index in [0.717, 1.165) is 109 Å². The lowest BCUT2D eigenvalue weighted by Crippen LogP contribution is -2.30. The maximum atomic E-state index is 12.8. The van der Waals surface area contributed by atoms with Gasteiger partial charge in [0, 0.05) is 19.3 Å². The minimum Gasteiger partial charge on any atom is -0.462 e. The summed E-state index contributed by atoms with van der Waals surface area (Å²) in [4.78, 5) is 38.0. The minimum atomic E-state index is -0.770. The third-order valence-electron chi connectivity index (χ3n) is 15.2. The van der Waals surface area contributed by atoms with E-state index in [-0.39, 0.29) is 31.1 Å². The van der Waals surface area contributed by atoms with Crippen LogP contribution >= 0.6 is 0 Å². The van der Waals surface area contributed by atoms with E-state index in [1.54, 1.807) is 0 Å². The highest BCUT2D eigenvalue weighted by molar-refractivity contribution is 5.71. The first-order valence-electron chi connectivity index (χ1n) is 34.6. The summed E-state index contributed by atoms with van der Waals surface area (Å²) in [5.74, 6) is -0.869. The molecular formula is C74H130O6. The maximum Gasteiger partial charge on any atom is 0.306 e. The number of rotatable bonds is 63. The number of hydrogen-bond acceptors (Lipinski definition) is 6. The van der Waals surface area contributed by atoms with Crippen LogP contribution in [0.2, 0.25) is 0 Å². The van der Waals surface area contributed by atoms with Crippen molar-refractivity contribution in [1.82, 2.24) is 0 Å². The molecule has 1 atom stereocenters. The van der Waals surface area contributed by atoms with Crippen molar-refractivity contribution in [3.8, 4) is 0 Å². The van der Waals surface area contributed by atoms with Crippen LogP contribution in [0.4, 0.5) is 0 Å². The Hall–Kier alpha value is -3.41. The Kier molecular flexibility index (Phi) is 65.2. The Morgan fingerprint density at radius 1 is 0.263 bits per heavy atom. The summed E-state index contributed by atoms with van der Waals surface area (Å²) in [6, 6.07) is 0. The Balaban J connectivity index is 3.96. The van der Waals surface area contributed by atoms with Gasteiger partial charge in [-0.15, -0.1) is 0 Å². The third kappa shape index (κ3) is 65.4. The Bertz CT molecular complexity index is 1520. The predicted octanol–water partition coefficient (Wildman–Crippen LogP) is 23.8. The van der Waals surface area contributed by atoms with E-state index in [1.807, 2.05) is 0 Å². The predicted molar refractivity (Wildman–Crippen MR) is 348 cm³/mol. The van der Waals surface area contributed by atoms with Gasteiger partial charge in [-0.2, -0.15) is 0 Å². The molecule has 0 aliphatic carbocycles. The van der Waals surface area contributed by atoms with Crippen LogP contribution in [-0.4, -0.2) is 37.2 Å². The Morgan fingerprint density at radius 3 is 0.762 bits per heavy atom. The number of esters is 3. The summed E-state index contributed by atoms with van der Waals surface area (Å²) in [7, 11) is 0. The molecule has 0 amide bonds. The fraction of sp³-hybridized carbons (Fsp3) is 0.770. The normalized spacial score (nSPS) is 12.6. The van der Waals surface area contributed by atoms with Crippen LogP contribution in [0.3, 0.4) is 0 Å². The number of ether oxygens (including phenoxy) is 3. The first kappa shape index (κ1) is 76.6. The fourth-order valence-corrected chi connectivity index (χ4v) is 10.0. The summed E-state index contributed by atoms with van der Waals surface area (Å²) in [6.45, 7) is 6.49. The van der Waals surface area contributed by atoms with Crippen molar-refractivity contribution in [3.63, 3.8) is 0 Å². The summed E-state index contributed by atoms with van der Waals surface area (Å²) in [6.07, 6.45) is 90.9. The number of unbranched alkanes of at least 4 members (excludes halogenated alkanes) is 38. The molecule has 0 aliphatic heterocycles. The van der Waals surface area contributed by atoms with Crippen molar-refractivity contribution in [1.29, 1.82) is 0 Å². The zero-order valence-electron chi connectivity index (χ0n) is 53.1. The molecule has 0 spiro atoms. The van der Waals surface area contributed by atoms with Gasteiger partial charge in [0.1, 0.15) is 13.2 Å². The van der Waals surface area contributed by atoms with Gasteiger partial charge in [0.2, 0.25) is 0 Å². The van der Waals surface area contributed by atoms with E-state index in [2.05, 4.69) is 106 Å². The van der Waals surface area contributed by atoms with Gasteiger partial charge in [-0.25, -0.2) is 0 Å². The maximum absolute atomic E-state index is 12.8. The van der Waals surface area contributed by atoms with Gasteiger partial charge in [0.05, 0.1) is 0 Å². The number of carbonyl (C=O) groups is 3. The van der Waals surface area contributed by atoms with Crippen LogP contribution in [0.1, 0.15) is 348 Å². The first-order chi connectivity index (χ1) is 39.5. The molecule has 0 aliphatic rings. The lowest BCUT2D eigenvalue weighted by molar-refractivity contribution is -0.167. The molecule has 0 radical (unpaired) electrons. The van der Waals surface area contributed by atoms with Crippen LogP contribution in [0.5, 0.6) is 0 Å².